The summed E-state index contributed by atoms with van der Waals surface area (Å²) in [6.45, 7) is 5.01. The standard InChI is InChI=1S/C20H32N6O7/c1-10(2)6-15(20(32)33)26-19(31)14(7-12-8-22-9-23-12)25-17(29)11(3)24-18(30)13(21)4-5-16(27)28/h8-11,13-15H,4-7,21H2,1-3H3,(H,22,23)(H,24,30)(H,25,29)(H,26,31)(H,27,28)(H,32,33). The van der Waals surface area contributed by atoms with Crippen molar-refractivity contribution >= 4 is 29.7 Å². The average molecular weight is 469 g/mol. The molecule has 13 nitrogen and oxygen atoms in total. The molecule has 8 N–H and O–H groups in total. The highest BCUT2D eigenvalue weighted by Gasteiger charge is 2.29. The first kappa shape index (κ1) is 27.6. The molecule has 0 spiro atoms. The second-order valence-electron chi connectivity index (χ2n) is 8.14. The number of hydrogen-bond donors (Lipinski definition) is 7. The van der Waals surface area contributed by atoms with Gasteiger partial charge in [0.05, 0.1) is 12.4 Å². The van der Waals surface area contributed by atoms with Crippen molar-refractivity contribution < 1.29 is 34.2 Å². The van der Waals surface area contributed by atoms with Gasteiger partial charge >= 0.3 is 11.9 Å². The number of carboxylic acids is 2. The summed E-state index contributed by atoms with van der Waals surface area (Å²) in [6.07, 6.45) is 2.65. The molecule has 1 aromatic heterocycles. The monoisotopic (exact) mass is 468 g/mol. The summed E-state index contributed by atoms with van der Waals surface area (Å²) in [5.41, 5.74) is 6.17. The van der Waals surface area contributed by atoms with Crippen molar-refractivity contribution in [3.63, 3.8) is 0 Å². The molecule has 0 saturated carbocycles. The van der Waals surface area contributed by atoms with Crippen LogP contribution in [0.3, 0.4) is 0 Å². The first-order chi connectivity index (χ1) is 15.4. The molecule has 0 aromatic carbocycles. The van der Waals surface area contributed by atoms with E-state index in [9.17, 15) is 29.1 Å². The molecule has 3 amide bonds. The molecule has 0 aliphatic rings. The van der Waals surface area contributed by atoms with Gasteiger partial charge in [0.2, 0.25) is 17.7 Å². The fourth-order valence-electron chi connectivity index (χ4n) is 2.88. The number of aromatic amines is 1. The number of H-pyrrole nitrogens is 1. The molecule has 0 aliphatic carbocycles. The van der Waals surface area contributed by atoms with Crippen LogP contribution in [0, 0.1) is 5.92 Å². The number of hydrogen-bond acceptors (Lipinski definition) is 7. The fraction of sp³-hybridized carbons (Fsp3) is 0.600. The van der Waals surface area contributed by atoms with Gasteiger partial charge in [-0.05, 0) is 25.7 Å². The quantitative estimate of drug-likeness (QED) is 0.173. The first-order valence-electron chi connectivity index (χ1n) is 10.5. The molecule has 1 aromatic rings. The van der Waals surface area contributed by atoms with Crippen molar-refractivity contribution in [3.05, 3.63) is 18.2 Å². The van der Waals surface area contributed by atoms with Crippen LogP contribution < -0.4 is 21.7 Å². The van der Waals surface area contributed by atoms with Gasteiger partial charge in [-0.1, -0.05) is 13.8 Å². The normalized spacial score (nSPS) is 14.6. The largest absolute Gasteiger partial charge is 0.481 e. The zero-order valence-electron chi connectivity index (χ0n) is 18.8. The van der Waals surface area contributed by atoms with E-state index in [0.29, 0.717) is 5.69 Å². The number of nitrogens with two attached hydrogens (primary N) is 1. The molecule has 0 aliphatic heterocycles. The SMILES string of the molecule is CC(C)CC(NC(=O)C(Cc1cnc[nH]1)NC(=O)C(C)NC(=O)C(N)CCC(=O)O)C(=O)O. The lowest BCUT2D eigenvalue weighted by Crippen LogP contribution is -2.57. The minimum absolute atomic E-state index is 0.00435. The maximum atomic E-state index is 12.8. The van der Waals surface area contributed by atoms with Gasteiger partial charge in [0, 0.05) is 24.7 Å². The Bertz CT molecular complexity index is 827. The number of nitrogens with one attached hydrogen (secondary N) is 4. The van der Waals surface area contributed by atoms with Crippen molar-refractivity contribution in [1.82, 2.24) is 25.9 Å². The highest BCUT2D eigenvalue weighted by Crippen LogP contribution is 2.07. The molecule has 13 heteroatoms. The number of carbonyl (C=O) groups excluding carboxylic acids is 3. The van der Waals surface area contributed by atoms with Gasteiger partial charge in [0.1, 0.15) is 18.1 Å². The molecule has 4 atom stereocenters. The number of amides is 3. The smallest absolute Gasteiger partial charge is 0.326 e. The number of rotatable bonds is 14. The summed E-state index contributed by atoms with van der Waals surface area (Å²) < 4.78 is 0. The Labute approximate surface area is 190 Å². The van der Waals surface area contributed by atoms with Gasteiger partial charge in [-0.2, -0.15) is 0 Å². The van der Waals surface area contributed by atoms with E-state index in [1.807, 2.05) is 13.8 Å². The molecule has 184 valence electrons. The predicted molar refractivity (Wildman–Crippen MR) is 116 cm³/mol. The summed E-state index contributed by atoms with van der Waals surface area (Å²) in [5.74, 6) is -4.41. The third kappa shape index (κ3) is 10.1. The van der Waals surface area contributed by atoms with E-state index in [1.54, 1.807) is 0 Å². The number of imidazole rings is 1. The van der Waals surface area contributed by atoms with E-state index in [2.05, 4.69) is 25.9 Å². The van der Waals surface area contributed by atoms with E-state index >= 15 is 0 Å². The van der Waals surface area contributed by atoms with Crippen molar-refractivity contribution in [2.75, 3.05) is 0 Å². The van der Waals surface area contributed by atoms with Gasteiger partial charge in [0.25, 0.3) is 0 Å². The molecular weight excluding hydrogens is 436 g/mol. The van der Waals surface area contributed by atoms with Gasteiger partial charge < -0.3 is 36.9 Å². The maximum absolute atomic E-state index is 12.8. The average Bonchev–Trinajstić information content (AvgIpc) is 3.23. The molecule has 1 heterocycles. The molecular formula is C20H32N6O7. The van der Waals surface area contributed by atoms with Crippen LogP contribution in [0.4, 0.5) is 0 Å². The Morgan fingerprint density at radius 2 is 1.64 bits per heavy atom. The van der Waals surface area contributed by atoms with E-state index in [0.717, 1.165) is 0 Å². The number of carboxylic acid groups (broad SMARTS) is 2. The second kappa shape index (κ2) is 13.2. The van der Waals surface area contributed by atoms with Crippen LogP contribution in [0.1, 0.15) is 45.7 Å². The lowest BCUT2D eigenvalue weighted by molar-refractivity contribution is -0.143. The van der Waals surface area contributed by atoms with Crippen molar-refractivity contribution in [1.29, 1.82) is 0 Å². The highest BCUT2D eigenvalue weighted by atomic mass is 16.4. The molecule has 1 rings (SSSR count). The molecule has 0 bridgehead atoms. The van der Waals surface area contributed by atoms with E-state index < -0.39 is 53.8 Å². The Kier molecular flexibility index (Phi) is 11.0. The number of aromatic nitrogens is 2. The summed E-state index contributed by atoms with van der Waals surface area (Å²) in [6, 6.07) is -4.49. The zero-order chi connectivity index (χ0) is 25.1. The third-order valence-corrected chi connectivity index (χ3v) is 4.69. The minimum atomic E-state index is -1.19. The number of carbonyl (C=O) groups is 5. The van der Waals surface area contributed by atoms with Crippen molar-refractivity contribution in [3.8, 4) is 0 Å². The summed E-state index contributed by atoms with van der Waals surface area (Å²) >= 11 is 0. The second-order valence-corrected chi connectivity index (χ2v) is 8.14. The van der Waals surface area contributed by atoms with Crippen LogP contribution in [-0.2, 0) is 30.4 Å². The van der Waals surface area contributed by atoms with Crippen molar-refractivity contribution in [2.24, 2.45) is 11.7 Å². The topological polar surface area (TPSA) is 217 Å². The van der Waals surface area contributed by atoms with Crippen LogP contribution in [0.25, 0.3) is 0 Å². The Morgan fingerprint density at radius 1 is 1.00 bits per heavy atom. The van der Waals surface area contributed by atoms with Gasteiger partial charge in [-0.15, -0.1) is 0 Å². The fourth-order valence-corrected chi connectivity index (χ4v) is 2.88. The third-order valence-electron chi connectivity index (χ3n) is 4.69. The first-order valence-corrected chi connectivity index (χ1v) is 10.5. The Hall–Kier alpha value is -3.48. The van der Waals surface area contributed by atoms with Gasteiger partial charge in [0.15, 0.2) is 0 Å². The zero-order valence-corrected chi connectivity index (χ0v) is 18.8. The van der Waals surface area contributed by atoms with Crippen LogP contribution in [0.2, 0.25) is 0 Å². The molecule has 33 heavy (non-hydrogen) atoms. The summed E-state index contributed by atoms with van der Waals surface area (Å²) in [7, 11) is 0. The summed E-state index contributed by atoms with van der Waals surface area (Å²) in [5, 5.41) is 25.4. The molecule has 4 unspecified atom stereocenters. The van der Waals surface area contributed by atoms with Crippen LogP contribution in [0.5, 0.6) is 0 Å². The van der Waals surface area contributed by atoms with E-state index in [1.165, 1.54) is 19.4 Å². The van der Waals surface area contributed by atoms with Crippen LogP contribution in [0.15, 0.2) is 12.5 Å². The highest BCUT2D eigenvalue weighted by molar-refractivity contribution is 5.94. The summed E-state index contributed by atoms with van der Waals surface area (Å²) in [4.78, 5) is 66.3. The molecule has 0 radical (unpaired) electrons. The molecule has 0 saturated heterocycles. The predicted octanol–water partition coefficient (Wildman–Crippen LogP) is -1.25. The van der Waals surface area contributed by atoms with E-state index in [-0.39, 0.29) is 31.6 Å². The van der Waals surface area contributed by atoms with E-state index in [4.69, 9.17) is 10.8 Å². The lowest BCUT2D eigenvalue weighted by atomic mass is 10.0. The van der Waals surface area contributed by atoms with Crippen LogP contribution in [-0.4, -0.2) is 74.0 Å². The molecule has 0 fully saturated rings. The number of nitrogens with zero attached hydrogens (tertiary/aromatic N) is 1. The maximum Gasteiger partial charge on any atom is 0.326 e. The lowest BCUT2D eigenvalue weighted by Gasteiger charge is -2.24. The Morgan fingerprint density at radius 3 is 2.15 bits per heavy atom. The Balaban J connectivity index is 2.84. The minimum Gasteiger partial charge on any atom is -0.481 e. The van der Waals surface area contributed by atoms with Crippen LogP contribution >= 0.6 is 0 Å². The van der Waals surface area contributed by atoms with Gasteiger partial charge in [-0.25, -0.2) is 9.78 Å². The van der Waals surface area contributed by atoms with Crippen molar-refractivity contribution in [2.45, 2.75) is 70.6 Å². The van der Waals surface area contributed by atoms with Gasteiger partial charge in [-0.3, -0.25) is 19.2 Å². The number of aliphatic carboxylic acids is 2.